The van der Waals surface area contributed by atoms with Crippen molar-refractivity contribution in [1.29, 1.82) is 0 Å². The van der Waals surface area contributed by atoms with E-state index in [2.05, 4.69) is 10.5 Å². The van der Waals surface area contributed by atoms with Gasteiger partial charge in [0.2, 0.25) is 11.8 Å². The normalized spacial score (nSPS) is 13.1. The summed E-state index contributed by atoms with van der Waals surface area (Å²) in [5, 5.41) is 6.63. The number of nitrogens with one attached hydrogen (secondary N) is 1. The first-order valence-electron chi connectivity index (χ1n) is 8.15. The fourth-order valence-corrected chi connectivity index (χ4v) is 3.24. The predicted molar refractivity (Wildman–Crippen MR) is 104 cm³/mol. The molecule has 2 unspecified atom stereocenters. The van der Waals surface area contributed by atoms with Gasteiger partial charge >= 0.3 is 0 Å². The van der Waals surface area contributed by atoms with Crippen LogP contribution in [-0.2, 0) is 9.59 Å². The standard InChI is InChI=1S/C18H22ClN3O3S/c1-11-8-16(21-25-11)20-18(24)13(3)26-10-17(23)22(4)12(2)14-6-5-7-15(19)9-14/h5-9,12-13H,10H2,1-4H3,(H,20,21,24). The minimum atomic E-state index is -0.397. The van der Waals surface area contributed by atoms with Gasteiger partial charge in [0, 0.05) is 18.1 Å². The highest BCUT2D eigenvalue weighted by molar-refractivity contribution is 8.01. The van der Waals surface area contributed by atoms with E-state index in [0.717, 1.165) is 5.56 Å². The molecular weight excluding hydrogens is 374 g/mol. The number of thioether (sulfide) groups is 1. The molecular formula is C18H22ClN3O3S. The van der Waals surface area contributed by atoms with Crippen LogP contribution in [0.4, 0.5) is 5.82 Å². The molecule has 26 heavy (non-hydrogen) atoms. The number of benzene rings is 1. The highest BCUT2D eigenvalue weighted by Gasteiger charge is 2.21. The largest absolute Gasteiger partial charge is 0.360 e. The first-order chi connectivity index (χ1) is 12.3. The van der Waals surface area contributed by atoms with Crippen molar-refractivity contribution in [3.05, 3.63) is 46.7 Å². The highest BCUT2D eigenvalue weighted by atomic mass is 35.5. The number of rotatable bonds is 7. The van der Waals surface area contributed by atoms with E-state index in [9.17, 15) is 9.59 Å². The molecule has 140 valence electrons. The number of nitrogens with zero attached hydrogens (tertiary/aromatic N) is 2. The number of carbonyl (C=O) groups is 2. The van der Waals surface area contributed by atoms with E-state index in [4.69, 9.17) is 16.1 Å². The molecule has 0 saturated heterocycles. The zero-order valence-corrected chi connectivity index (χ0v) is 16.7. The molecule has 0 radical (unpaired) electrons. The van der Waals surface area contributed by atoms with Crippen molar-refractivity contribution in [2.24, 2.45) is 0 Å². The molecule has 1 N–H and O–H groups in total. The van der Waals surface area contributed by atoms with Crippen LogP contribution in [0.3, 0.4) is 0 Å². The lowest BCUT2D eigenvalue weighted by molar-refractivity contribution is -0.128. The molecule has 1 heterocycles. The lowest BCUT2D eigenvalue weighted by Crippen LogP contribution is -2.32. The van der Waals surface area contributed by atoms with Crippen molar-refractivity contribution in [3.8, 4) is 0 Å². The Morgan fingerprint density at radius 2 is 2.08 bits per heavy atom. The molecule has 1 aromatic heterocycles. The Morgan fingerprint density at radius 3 is 2.69 bits per heavy atom. The Labute approximate surface area is 162 Å². The van der Waals surface area contributed by atoms with E-state index in [1.165, 1.54) is 11.8 Å². The zero-order valence-electron chi connectivity index (χ0n) is 15.2. The summed E-state index contributed by atoms with van der Waals surface area (Å²) in [5.41, 5.74) is 0.963. The molecule has 2 aromatic rings. The fourth-order valence-electron chi connectivity index (χ4n) is 2.23. The Hall–Kier alpha value is -1.99. The van der Waals surface area contributed by atoms with Gasteiger partial charge in [0.25, 0.3) is 0 Å². The van der Waals surface area contributed by atoms with Crippen LogP contribution in [0.2, 0.25) is 5.02 Å². The lowest BCUT2D eigenvalue weighted by atomic mass is 10.1. The van der Waals surface area contributed by atoms with Crippen LogP contribution in [0.15, 0.2) is 34.9 Å². The fraction of sp³-hybridized carbons (Fsp3) is 0.389. The molecule has 6 nitrogen and oxygen atoms in total. The van der Waals surface area contributed by atoms with Crippen molar-refractivity contribution in [3.63, 3.8) is 0 Å². The van der Waals surface area contributed by atoms with Crippen molar-refractivity contribution in [2.45, 2.75) is 32.1 Å². The number of halogens is 1. The van der Waals surface area contributed by atoms with E-state index in [1.54, 1.807) is 37.9 Å². The van der Waals surface area contributed by atoms with Crippen LogP contribution >= 0.6 is 23.4 Å². The number of carbonyl (C=O) groups excluding carboxylic acids is 2. The van der Waals surface area contributed by atoms with Gasteiger partial charge in [-0.1, -0.05) is 28.9 Å². The van der Waals surface area contributed by atoms with Gasteiger partial charge in [0.15, 0.2) is 5.82 Å². The van der Waals surface area contributed by atoms with Crippen molar-refractivity contribution < 1.29 is 14.1 Å². The van der Waals surface area contributed by atoms with E-state index in [0.29, 0.717) is 16.6 Å². The highest BCUT2D eigenvalue weighted by Crippen LogP contribution is 2.23. The molecule has 0 spiro atoms. The summed E-state index contributed by atoms with van der Waals surface area (Å²) in [4.78, 5) is 26.2. The Kier molecular flexibility index (Phi) is 7.11. The molecule has 0 aliphatic carbocycles. The number of amides is 2. The van der Waals surface area contributed by atoms with Gasteiger partial charge in [-0.05, 0) is 38.5 Å². The second-order valence-corrected chi connectivity index (χ2v) is 7.77. The number of aryl methyl sites for hydroxylation is 1. The Balaban J connectivity index is 1.85. The van der Waals surface area contributed by atoms with Gasteiger partial charge in [0.1, 0.15) is 5.76 Å². The molecule has 1 aromatic carbocycles. The first-order valence-corrected chi connectivity index (χ1v) is 9.57. The summed E-state index contributed by atoms with van der Waals surface area (Å²) in [7, 11) is 1.75. The minimum Gasteiger partial charge on any atom is -0.360 e. The molecule has 8 heteroatoms. The Morgan fingerprint density at radius 1 is 1.35 bits per heavy atom. The van der Waals surface area contributed by atoms with E-state index >= 15 is 0 Å². The summed E-state index contributed by atoms with van der Waals surface area (Å²) in [6, 6.07) is 8.97. The third-order valence-electron chi connectivity index (χ3n) is 4.01. The van der Waals surface area contributed by atoms with Crippen LogP contribution in [-0.4, -0.2) is 39.9 Å². The predicted octanol–water partition coefficient (Wildman–Crippen LogP) is 3.92. The topological polar surface area (TPSA) is 75.4 Å². The molecule has 2 rings (SSSR count). The maximum absolute atomic E-state index is 12.4. The van der Waals surface area contributed by atoms with Crippen molar-refractivity contribution >= 4 is 41.0 Å². The van der Waals surface area contributed by atoms with Crippen LogP contribution in [0, 0.1) is 6.92 Å². The molecule has 2 amide bonds. The average Bonchev–Trinajstić information content (AvgIpc) is 3.02. The van der Waals surface area contributed by atoms with Gasteiger partial charge in [-0.25, -0.2) is 0 Å². The zero-order chi connectivity index (χ0) is 19.3. The van der Waals surface area contributed by atoms with Gasteiger partial charge in [0.05, 0.1) is 17.0 Å². The van der Waals surface area contributed by atoms with Crippen LogP contribution in [0.25, 0.3) is 0 Å². The van der Waals surface area contributed by atoms with Gasteiger partial charge in [-0.2, -0.15) is 0 Å². The smallest absolute Gasteiger partial charge is 0.238 e. The molecule has 0 saturated carbocycles. The van der Waals surface area contributed by atoms with Gasteiger partial charge in [-0.3, -0.25) is 9.59 Å². The average molecular weight is 396 g/mol. The number of anilines is 1. The number of aromatic nitrogens is 1. The van der Waals surface area contributed by atoms with Crippen molar-refractivity contribution in [2.75, 3.05) is 18.1 Å². The number of hydrogen-bond acceptors (Lipinski definition) is 5. The maximum Gasteiger partial charge on any atom is 0.238 e. The quantitative estimate of drug-likeness (QED) is 0.769. The van der Waals surface area contributed by atoms with Gasteiger partial charge < -0.3 is 14.7 Å². The van der Waals surface area contributed by atoms with Crippen LogP contribution in [0.1, 0.15) is 31.2 Å². The Bertz CT molecular complexity index is 781. The summed E-state index contributed by atoms with van der Waals surface area (Å²) in [6.07, 6.45) is 0. The summed E-state index contributed by atoms with van der Waals surface area (Å²) in [6.45, 7) is 5.44. The van der Waals surface area contributed by atoms with E-state index in [-0.39, 0.29) is 23.6 Å². The summed E-state index contributed by atoms with van der Waals surface area (Å²) in [5.74, 6) is 0.917. The lowest BCUT2D eigenvalue weighted by Gasteiger charge is -2.26. The third-order valence-corrected chi connectivity index (χ3v) is 5.37. The molecule has 0 aliphatic rings. The molecule has 0 aliphatic heterocycles. The molecule has 0 fully saturated rings. The molecule has 0 bridgehead atoms. The second-order valence-electron chi connectivity index (χ2n) is 6.00. The monoisotopic (exact) mass is 395 g/mol. The third kappa shape index (κ3) is 5.51. The summed E-state index contributed by atoms with van der Waals surface area (Å²) >= 11 is 7.29. The van der Waals surface area contributed by atoms with Gasteiger partial charge in [-0.15, -0.1) is 11.8 Å². The SMILES string of the molecule is Cc1cc(NC(=O)C(C)SCC(=O)N(C)C(C)c2cccc(Cl)c2)no1. The number of hydrogen-bond donors (Lipinski definition) is 1. The minimum absolute atomic E-state index is 0.0561. The van der Waals surface area contributed by atoms with Crippen molar-refractivity contribution in [1.82, 2.24) is 10.1 Å². The van der Waals surface area contributed by atoms with Crippen LogP contribution in [0.5, 0.6) is 0 Å². The summed E-state index contributed by atoms with van der Waals surface area (Å²) < 4.78 is 4.91. The van der Waals surface area contributed by atoms with Crippen LogP contribution < -0.4 is 5.32 Å². The molecule has 2 atom stereocenters. The van der Waals surface area contributed by atoms with E-state index in [1.807, 2.05) is 25.1 Å². The first kappa shape index (κ1) is 20.3. The van der Waals surface area contributed by atoms with E-state index < -0.39 is 5.25 Å². The maximum atomic E-state index is 12.4. The second kappa shape index (κ2) is 9.09.